The van der Waals surface area contributed by atoms with Gasteiger partial charge in [-0.15, -0.1) is 11.3 Å². The standard InChI is InChI=1S/C14H15NO3S/c1-17-12-8-10(7-11(15)9-12)14(16)18-5-4-13-3-2-6-19-13/h2-3,6-9H,4-5,15H2,1H3. The van der Waals surface area contributed by atoms with Crippen molar-refractivity contribution in [3.05, 3.63) is 46.2 Å². The number of thiophene rings is 1. The maximum atomic E-state index is 11.9. The molecule has 0 aliphatic rings. The number of hydrogen-bond acceptors (Lipinski definition) is 5. The van der Waals surface area contributed by atoms with Crippen LogP contribution in [-0.2, 0) is 11.2 Å². The fourth-order valence-electron chi connectivity index (χ4n) is 1.64. The molecule has 100 valence electrons. The number of anilines is 1. The van der Waals surface area contributed by atoms with E-state index in [1.165, 1.54) is 12.0 Å². The number of carbonyl (C=O) groups excluding carboxylic acids is 1. The second-order valence-electron chi connectivity index (χ2n) is 3.96. The van der Waals surface area contributed by atoms with Crippen LogP contribution in [0.15, 0.2) is 35.7 Å². The van der Waals surface area contributed by atoms with Gasteiger partial charge in [-0.1, -0.05) is 6.07 Å². The van der Waals surface area contributed by atoms with Crippen LogP contribution in [0.5, 0.6) is 5.75 Å². The first-order valence-electron chi connectivity index (χ1n) is 5.83. The number of ether oxygens (including phenoxy) is 2. The van der Waals surface area contributed by atoms with Crippen LogP contribution in [-0.4, -0.2) is 19.7 Å². The van der Waals surface area contributed by atoms with Crippen molar-refractivity contribution < 1.29 is 14.3 Å². The molecular formula is C14H15NO3S. The molecule has 0 atom stereocenters. The first-order chi connectivity index (χ1) is 9.19. The van der Waals surface area contributed by atoms with Crippen molar-refractivity contribution >= 4 is 23.0 Å². The van der Waals surface area contributed by atoms with Gasteiger partial charge in [-0.05, 0) is 23.6 Å². The fraction of sp³-hybridized carbons (Fsp3) is 0.214. The van der Waals surface area contributed by atoms with Gasteiger partial charge < -0.3 is 15.2 Å². The molecule has 1 aromatic carbocycles. The first-order valence-corrected chi connectivity index (χ1v) is 6.71. The average Bonchev–Trinajstić information content (AvgIpc) is 2.91. The van der Waals surface area contributed by atoms with Crippen LogP contribution in [0.25, 0.3) is 0 Å². The number of hydrogen-bond donors (Lipinski definition) is 1. The second-order valence-corrected chi connectivity index (χ2v) is 4.99. The molecule has 0 radical (unpaired) electrons. The molecular weight excluding hydrogens is 262 g/mol. The molecule has 0 aliphatic carbocycles. The second kappa shape index (κ2) is 6.24. The molecule has 0 aliphatic heterocycles. The van der Waals surface area contributed by atoms with Gasteiger partial charge in [0.25, 0.3) is 0 Å². The lowest BCUT2D eigenvalue weighted by atomic mass is 10.2. The maximum Gasteiger partial charge on any atom is 0.338 e. The largest absolute Gasteiger partial charge is 0.497 e. The summed E-state index contributed by atoms with van der Waals surface area (Å²) in [5.41, 5.74) is 6.57. The minimum absolute atomic E-state index is 0.358. The SMILES string of the molecule is COc1cc(N)cc(C(=O)OCCc2cccs2)c1. The van der Waals surface area contributed by atoms with E-state index in [4.69, 9.17) is 15.2 Å². The zero-order valence-corrected chi connectivity index (χ0v) is 11.4. The van der Waals surface area contributed by atoms with Gasteiger partial charge >= 0.3 is 5.97 Å². The molecule has 0 fully saturated rings. The summed E-state index contributed by atoms with van der Waals surface area (Å²) in [6.07, 6.45) is 0.725. The zero-order chi connectivity index (χ0) is 13.7. The molecule has 4 nitrogen and oxygen atoms in total. The van der Waals surface area contributed by atoms with Crippen LogP contribution in [0.3, 0.4) is 0 Å². The summed E-state index contributed by atoms with van der Waals surface area (Å²) in [4.78, 5) is 13.1. The molecule has 2 N–H and O–H groups in total. The Morgan fingerprint density at radius 1 is 1.37 bits per heavy atom. The third-order valence-electron chi connectivity index (χ3n) is 2.56. The molecule has 2 aromatic rings. The number of carbonyl (C=O) groups is 1. The van der Waals surface area contributed by atoms with Gasteiger partial charge in [-0.2, -0.15) is 0 Å². The lowest BCUT2D eigenvalue weighted by Gasteiger charge is -2.07. The highest BCUT2D eigenvalue weighted by atomic mass is 32.1. The Kier molecular flexibility index (Phi) is 4.41. The lowest BCUT2D eigenvalue weighted by Crippen LogP contribution is -2.08. The number of rotatable bonds is 5. The van der Waals surface area contributed by atoms with Gasteiger partial charge in [0, 0.05) is 23.1 Å². The van der Waals surface area contributed by atoms with Gasteiger partial charge in [-0.25, -0.2) is 4.79 Å². The highest BCUT2D eigenvalue weighted by molar-refractivity contribution is 7.09. The first kappa shape index (κ1) is 13.4. The van der Waals surface area contributed by atoms with Crippen LogP contribution < -0.4 is 10.5 Å². The van der Waals surface area contributed by atoms with E-state index in [1.807, 2.05) is 17.5 Å². The van der Waals surface area contributed by atoms with E-state index in [1.54, 1.807) is 29.5 Å². The van der Waals surface area contributed by atoms with E-state index in [-0.39, 0.29) is 5.97 Å². The number of nitrogens with two attached hydrogens (primary N) is 1. The Morgan fingerprint density at radius 2 is 2.21 bits per heavy atom. The van der Waals surface area contributed by atoms with E-state index in [2.05, 4.69) is 0 Å². The highest BCUT2D eigenvalue weighted by Crippen LogP contribution is 2.19. The average molecular weight is 277 g/mol. The molecule has 0 unspecified atom stereocenters. The minimum atomic E-state index is -0.387. The molecule has 1 heterocycles. The molecule has 1 aromatic heterocycles. The summed E-state index contributed by atoms with van der Waals surface area (Å²) in [7, 11) is 1.53. The third-order valence-corrected chi connectivity index (χ3v) is 3.50. The fourth-order valence-corrected chi connectivity index (χ4v) is 2.33. The van der Waals surface area contributed by atoms with E-state index in [9.17, 15) is 4.79 Å². The number of methoxy groups -OCH3 is 1. The summed E-state index contributed by atoms with van der Waals surface area (Å²) in [5, 5.41) is 2.00. The highest BCUT2D eigenvalue weighted by Gasteiger charge is 2.10. The van der Waals surface area contributed by atoms with Crippen LogP contribution in [0, 0.1) is 0 Å². The van der Waals surface area contributed by atoms with E-state index >= 15 is 0 Å². The molecule has 2 rings (SSSR count). The third kappa shape index (κ3) is 3.72. The Bertz CT molecular complexity index is 552. The normalized spacial score (nSPS) is 10.2. The van der Waals surface area contributed by atoms with Crippen molar-refractivity contribution in [1.29, 1.82) is 0 Å². The summed E-state index contributed by atoms with van der Waals surface area (Å²) in [6.45, 7) is 0.358. The number of esters is 1. The number of benzene rings is 1. The van der Waals surface area contributed by atoms with Crippen LogP contribution >= 0.6 is 11.3 Å². The Hall–Kier alpha value is -2.01. The zero-order valence-electron chi connectivity index (χ0n) is 10.6. The molecule has 19 heavy (non-hydrogen) atoms. The van der Waals surface area contributed by atoms with Gasteiger partial charge in [-0.3, -0.25) is 0 Å². The Morgan fingerprint density at radius 3 is 2.89 bits per heavy atom. The van der Waals surface area contributed by atoms with Gasteiger partial charge in [0.2, 0.25) is 0 Å². The quantitative estimate of drug-likeness (QED) is 0.674. The molecule has 0 saturated heterocycles. The molecule has 0 bridgehead atoms. The van der Waals surface area contributed by atoms with Gasteiger partial charge in [0.05, 0.1) is 19.3 Å². The summed E-state index contributed by atoms with van der Waals surface area (Å²) >= 11 is 1.65. The maximum absolute atomic E-state index is 11.9. The van der Waals surface area contributed by atoms with Crippen molar-refractivity contribution in [3.63, 3.8) is 0 Å². The lowest BCUT2D eigenvalue weighted by molar-refractivity contribution is 0.0509. The van der Waals surface area contributed by atoms with Crippen molar-refractivity contribution in [2.75, 3.05) is 19.5 Å². The molecule has 0 amide bonds. The smallest absolute Gasteiger partial charge is 0.338 e. The Labute approximate surface area is 115 Å². The van der Waals surface area contributed by atoms with E-state index in [0.717, 1.165) is 6.42 Å². The molecule has 5 heteroatoms. The van der Waals surface area contributed by atoms with Crippen LogP contribution in [0.2, 0.25) is 0 Å². The van der Waals surface area contributed by atoms with Crippen molar-refractivity contribution in [2.24, 2.45) is 0 Å². The van der Waals surface area contributed by atoms with E-state index < -0.39 is 0 Å². The summed E-state index contributed by atoms with van der Waals surface area (Å²) in [5.74, 6) is 0.160. The Balaban J connectivity index is 1.94. The van der Waals surface area contributed by atoms with Gasteiger partial charge in [0.15, 0.2) is 0 Å². The monoisotopic (exact) mass is 277 g/mol. The van der Waals surface area contributed by atoms with Crippen molar-refractivity contribution in [1.82, 2.24) is 0 Å². The van der Waals surface area contributed by atoms with Crippen molar-refractivity contribution in [3.8, 4) is 5.75 Å². The van der Waals surface area contributed by atoms with Crippen LogP contribution in [0.1, 0.15) is 15.2 Å². The summed E-state index contributed by atoms with van der Waals surface area (Å²) < 4.78 is 10.3. The van der Waals surface area contributed by atoms with Crippen molar-refractivity contribution in [2.45, 2.75) is 6.42 Å². The minimum Gasteiger partial charge on any atom is -0.497 e. The predicted octanol–water partition coefficient (Wildman–Crippen LogP) is 2.74. The number of nitrogen functional groups attached to an aromatic ring is 1. The summed E-state index contributed by atoms with van der Waals surface area (Å²) in [6, 6.07) is 8.84. The topological polar surface area (TPSA) is 61.5 Å². The molecule has 0 spiro atoms. The van der Waals surface area contributed by atoms with Gasteiger partial charge in [0.1, 0.15) is 5.75 Å². The predicted molar refractivity (Wildman–Crippen MR) is 75.7 cm³/mol. The van der Waals surface area contributed by atoms with Crippen LogP contribution in [0.4, 0.5) is 5.69 Å². The molecule has 0 saturated carbocycles. The van der Waals surface area contributed by atoms with E-state index in [0.29, 0.717) is 23.6 Å².